The smallest absolute Gasteiger partial charge is 0.309 e. The SMILES string of the molecule is CCCC(CCC)(CC(C)C)C(=O)O. The molecule has 0 aromatic heterocycles. The average molecular weight is 200 g/mol. The van der Waals surface area contributed by atoms with Crippen molar-refractivity contribution in [1.82, 2.24) is 0 Å². The van der Waals surface area contributed by atoms with Crippen LogP contribution in [0.1, 0.15) is 59.8 Å². The molecule has 0 aliphatic heterocycles. The highest BCUT2D eigenvalue weighted by Gasteiger charge is 2.36. The second-order valence-electron chi connectivity index (χ2n) is 4.68. The van der Waals surface area contributed by atoms with Crippen LogP contribution in [0.5, 0.6) is 0 Å². The normalized spacial score (nSPS) is 12.1. The molecular weight excluding hydrogens is 176 g/mol. The Labute approximate surface area is 87.7 Å². The minimum atomic E-state index is -0.602. The summed E-state index contributed by atoms with van der Waals surface area (Å²) in [7, 11) is 0. The average Bonchev–Trinajstić information content (AvgIpc) is 2.03. The first-order valence-electron chi connectivity index (χ1n) is 5.72. The summed E-state index contributed by atoms with van der Waals surface area (Å²) in [5.74, 6) is -0.140. The summed E-state index contributed by atoms with van der Waals surface area (Å²) in [6.07, 6.45) is 4.35. The largest absolute Gasteiger partial charge is 0.481 e. The van der Waals surface area contributed by atoms with Crippen LogP contribution in [0.25, 0.3) is 0 Å². The van der Waals surface area contributed by atoms with E-state index >= 15 is 0 Å². The maximum Gasteiger partial charge on any atom is 0.309 e. The van der Waals surface area contributed by atoms with Gasteiger partial charge in [-0.3, -0.25) is 4.79 Å². The molecule has 0 aromatic carbocycles. The molecule has 0 bridgehead atoms. The quantitative estimate of drug-likeness (QED) is 0.680. The first kappa shape index (κ1) is 13.5. The minimum Gasteiger partial charge on any atom is -0.481 e. The fourth-order valence-corrected chi connectivity index (χ4v) is 2.37. The third-order valence-electron chi connectivity index (χ3n) is 2.71. The third kappa shape index (κ3) is 3.69. The minimum absolute atomic E-state index is 0.461. The van der Waals surface area contributed by atoms with E-state index < -0.39 is 11.4 Å². The number of carboxylic acids is 1. The molecule has 14 heavy (non-hydrogen) atoms. The van der Waals surface area contributed by atoms with Gasteiger partial charge in [0.1, 0.15) is 0 Å². The molecule has 84 valence electrons. The lowest BCUT2D eigenvalue weighted by Gasteiger charge is -2.30. The molecule has 2 nitrogen and oxygen atoms in total. The second-order valence-corrected chi connectivity index (χ2v) is 4.68. The highest BCUT2D eigenvalue weighted by atomic mass is 16.4. The van der Waals surface area contributed by atoms with E-state index in [1.165, 1.54) is 0 Å². The summed E-state index contributed by atoms with van der Waals surface area (Å²) in [5, 5.41) is 9.33. The number of hydrogen-bond acceptors (Lipinski definition) is 1. The molecule has 0 aromatic rings. The van der Waals surface area contributed by atoms with Gasteiger partial charge in [0.25, 0.3) is 0 Å². The van der Waals surface area contributed by atoms with Crippen LogP contribution in [0.2, 0.25) is 0 Å². The molecule has 0 spiro atoms. The van der Waals surface area contributed by atoms with Gasteiger partial charge < -0.3 is 5.11 Å². The number of carbonyl (C=O) groups is 1. The zero-order valence-electron chi connectivity index (χ0n) is 9.97. The standard InChI is InChI=1S/C12H24O2/c1-5-7-12(8-6-2,11(13)14)9-10(3)4/h10H,5-9H2,1-4H3,(H,13,14). The van der Waals surface area contributed by atoms with E-state index in [2.05, 4.69) is 27.7 Å². The molecule has 0 unspecified atom stereocenters. The number of hydrogen-bond donors (Lipinski definition) is 1. The van der Waals surface area contributed by atoms with Gasteiger partial charge in [-0.05, 0) is 25.2 Å². The molecule has 0 aliphatic rings. The summed E-state index contributed by atoms with van der Waals surface area (Å²) < 4.78 is 0. The van der Waals surface area contributed by atoms with E-state index in [1.807, 2.05) is 0 Å². The van der Waals surface area contributed by atoms with Gasteiger partial charge in [0.15, 0.2) is 0 Å². The molecule has 0 radical (unpaired) electrons. The van der Waals surface area contributed by atoms with Gasteiger partial charge >= 0.3 is 5.97 Å². The van der Waals surface area contributed by atoms with Crippen LogP contribution < -0.4 is 0 Å². The summed E-state index contributed by atoms with van der Waals surface area (Å²) in [5.41, 5.74) is -0.461. The van der Waals surface area contributed by atoms with Gasteiger partial charge in [0, 0.05) is 0 Å². The van der Waals surface area contributed by atoms with Crippen molar-refractivity contribution >= 4 is 5.97 Å². The lowest BCUT2D eigenvalue weighted by Crippen LogP contribution is -2.32. The Balaban J connectivity index is 4.64. The number of aliphatic carboxylic acids is 1. The van der Waals surface area contributed by atoms with Crippen molar-refractivity contribution in [2.45, 2.75) is 59.8 Å². The lowest BCUT2D eigenvalue weighted by atomic mass is 9.73. The lowest BCUT2D eigenvalue weighted by molar-refractivity contribution is -0.151. The van der Waals surface area contributed by atoms with Crippen molar-refractivity contribution in [3.8, 4) is 0 Å². The zero-order chi connectivity index (χ0) is 11.2. The third-order valence-corrected chi connectivity index (χ3v) is 2.71. The Morgan fingerprint density at radius 2 is 1.64 bits per heavy atom. The highest BCUT2D eigenvalue weighted by Crippen LogP contribution is 2.36. The Morgan fingerprint density at radius 1 is 1.21 bits per heavy atom. The fraction of sp³-hybridized carbons (Fsp3) is 0.917. The van der Waals surface area contributed by atoms with E-state index in [0.29, 0.717) is 5.92 Å². The van der Waals surface area contributed by atoms with Crippen molar-refractivity contribution in [3.63, 3.8) is 0 Å². The van der Waals surface area contributed by atoms with Gasteiger partial charge in [0.2, 0.25) is 0 Å². The van der Waals surface area contributed by atoms with Crippen LogP contribution in [-0.4, -0.2) is 11.1 Å². The zero-order valence-corrected chi connectivity index (χ0v) is 9.97. The molecule has 0 saturated heterocycles. The first-order valence-corrected chi connectivity index (χ1v) is 5.72. The molecule has 0 amide bonds. The molecule has 0 heterocycles. The van der Waals surface area contributed by atoms with E-state index in [1.54, 1.807) is 0 Å². The topological polar surface area (TPSA) is 37.3 Å². The van der Waals surface area contributed by atoms with E-state index in [4.69, 9.17) is 0 Å². The van der Waals surface area contributed by atoms with Crippen molar-refractivity contribution in [1.29, 1.82) is 0 Å². The van der Waals surface area contributed by atoms with Crippen LogP contribution in [0, 0.1) is 11.3 Å². The molecule has 1 N–H and O–H groups in total. The highest BCUT2D eigenvalue weighted by molar-refractivity contribution is 5.74. The maximum absolute atomic E-state index is 11.3. The monoisotopic (exact) mass is 200 g/mol. The predicted octanol–water partition coefficient (Wildman–Crippen LogP) is 3.70. The van der Waals surface area contributed by atoms with Crippen molar-refractivity contribution < 1.29 is 9.90 Å². The van der Waals surface area contributed by atoms with Gasteiger partial charge in [-0.15, -0.1) is 0 Å². The van der Waals surface area contributed by atoms with Gasteiger partial charge in [-0.25, -0.2) is 0 Å². The molecule has 0 rings (SSSR count). The van der Waals surface area contributed by atoms with Crippen molar-refractivity contribution in [2.75, 3.05) is 0 Å². The van der Waals surface area contributed by atoms with Crippen LogP contribution >= 0.6 is 0 Å². The second kappa shape index (κ2) is 6.05. The van der Waals surface area contributed by atoms with Crippen LogP contribution in [-0.2, 0) is 4.79 Å². The molecule has 2 heteroatoms. The Bertz CT molecular complexity index is 167. The van der Waals surface area contributed by atoms with E-state index in [9.17, 15) is 9.90 Å². The van der Waals surface area contributed by atoms with E-state index in [-0.39, 0.29) is 0 Å². The van der Waals surface area contributed by atoms with Crippen LogP contribution in [0.15, 0.2) is 0 Å². The van der Waals surface area contributed by atoms with E-state index in [0.717, 1.165) is 32.1 Å². The van der Waals surface area contributed by atoms with Gasteiger partial charge in [-0.2, -0.15) is 0 Å². The molecular formula is C12H24O2. The first-order chi connectivity index (χ1) is 6.48. The predicted molar refractivity (Wildman–Crippen MR) is 59.3 cm³/mol. The summed E-state index contributed by atoms with van der Waals surface area (Å²) in [6.45, 7) is 8.33. The maximum atomic E-state index is 11.3. The van der Waals surface area contributed by atoms with Crippen LogP contribution in [0.4, 0.5) is 0 Å². The Kier molecular flexibility index (Phi) is 5.82. The fourth-order valence-electron chi connectivity index (χ4n) is 2.37. The van der Waals surface area contributed by atoms with Crippen molar-refractivity contribution in [2.24, 2.45) is 11.3 Å². The van der Waals surface area contributed by atoms with Gasteiger partial charge in [0.05, 0.1) is 5.41 Å². The molecule has 0 fully saturated rings. The van der Waals surface area contributed by atoms with Gasteiger partial charge in [-0.1, -0.05) is 40.5 Å². The Hall–Kier alpha value is -0.530. The number of carboxylic acid groups (broad SMARTS) is 1. The molecule has 0 aliphatic carbocycles. The summed E-state index contributed by atoms with van der Waals surface area (Å²) in [6, 6.07) is 0. The van der Waals surface area contributed by atoms with Crippen LogP contribution in [0.3, 0.4) is 0 Å². The summed E-state index contributed by atoms with van der Waals surface area (Å²) in [4.78, 5) is 11.3. The number of rotatable bonds is 7. The van der Waals surface area contributed by atoms with Crippen molar-refractivity contribution in [3.05, 3.63) is 0 Å². The Morgan fingerprint density at radius 3 is 1.86 bits per heavy atom. The molecule has 0 saturated carbocycles. The summed E-state index contributed by atoms with van der Waals surface area (Å²) >= 11 is 0. The molecule has 0 atom stereocenters.